The molecule has 0 aliphatic heterocycles. The molecule has 0 atom stereocenters. The molecule has 4 rings (SSSR count). The van der Waals surface area contributed by atoms with Crippen LogP contribution in [0.15, 0.2) is 59.4 Å². The Kier molecular flexibility index (Phi) is 3.82. The van der Waals surface area contributed by atoms with Crippen LogP contribution >= 0.6 is 11.3 Å². The summed E-state index contributed by atoms with van der Waals surface area (Å²) in [6.07, 6.45) is 4.65. The molecule has 1 aromatic carbocycles. The number of benzene rings is 1. The van der Waals surface area contributed by atoms with Crippen LogP contribution in [0.3, 0.4) is 0 Å². The Morgan fingerprint density at radius 1 is 1.24 bits per heavy atom. The number of carbonyl (C=O) groups excluding carboxylic acids is 1. The first-order chi connectivity index (χ1) is 12.2. The molecule has 3 aromatic heterocycles. The summed E-state index contributed by atoms with van der Waals surface area (Å²) in [4.78, 5) is 32.8. The molecule has 0 radical (unpaired) electrons. The number of hydrogen-bond acceptors (Lipinski definition) is 7. The lowest BCUT2D eigenvalue weighted by atomic mass is 10.2. The van der Waals surface area contributed by atoms with Crippen LogP contribution in [0, 0.1) is 0 Å². The molecule has 0 aliphatic rings. The third-order valence-electron chi connectivity index (χ3n) is 3.49. The Hall–Kier alpha value is -3.33. The van der Waals surface area contributed by atoms with Crippen LogP contribution in [0.25, 0.3) is 10.6 Å². The van der Waals surface area contributed by atoms with Gasteiger partial charge in [0, 0.05) is 17.6 Å². The lowest BCUT2D eigenvalue weighted by Crippen LogP contribution is -2.14. The molecule has 0 unspecified atom stereocenters. The number of esters is 1. The van der Waals surface area contributed by atoms with Gasteiger partial charge in [-0.25, -0.2) is 19.4 Å². The minimum Gasteiger partial charge on any atom is -0.456 e. The van der Waals surface area contributed by atoms with E-state index in [4.69, 9.17) is 4.74 Å². The first-order valence-electron chi connectivity index (χ1n) is 7.29. The summed E-state index contributed by atoms with van der Waals surface area (Å²) in [6, 6.07) is 8.14. The van der Waals surface area contributed by atoms with E-state index in [1.165, 1.54) is 28.1 Å². The van der Waals surface area contributed by atoms with Crippen molar-refractivity contribution in [3.63, 3.8) is 0 Å². The standard InChI is InChI=1S/C16H11N5O3S/c22-14-7-12(19-16-20(14)5-6-25-16)8-24-15(23)11-1-3-13(4-2-11)21-10-17-9-18-21/h1-7,9-10H,8H2. The van der Waals surface area contributed by atoms with Crippen molar-refractivity contribution >= 4 is 22.3 Å². The summed E-state index contributed by atoms with van der Waals surface area (Å²) in [5, 5.41) is 5.79. The zero-order valence-corrected chi connectivity index (χ0v) is 13.6. The Bertz CT molecular complexity index is 1080. The third kappa shape index (κ3) is 3.04. The number of thiazole rings is 1. The fraction of sp³-hybridized carbons (Fsp3) is 0.0625. The number of rotatable bonds is 4. The molecule has 25 heavy (non-hydrogen) atoms. The lowest BCUT2D eigenvalue weighted by molar-refractivity contribution is 0.0468. The SMILES string of the molecule is O=C(OCc1cc(=O)n2ccsc2n1)c1ccc(-n2cncn2)cc1. The molecule has 0 bridgehead atoms. The fourth-order valence-corrected chi connectivity index (χ4v) is 3.02. The monoisotopic (exact) mass is 353 g/mol. The van der Waals surface area contributed by atoms with Crippen molar-refractivity contribution in [1.29, 1.82) is 0 Å². The Morgan fingerprint density at radius 3 is 2.84 bits per heavy atom. The summed E-state index contributed by atoms with van der Waals surface area (Å²) in [7, 11) is 0. The second kappa shape index (κ2) is 6.29. The number of fused-ring (bicyclic) bond motifs is 1. The molecule has 3 heterocycles. The molecule has 9 heteroatoms. The number of hydrogen-bond donors (Lipinski definition) is 0. The largest absolute Gasteiger partial charge is 0.456 e. The zero-order valence-electron chi connectivity index (χ0n) is 12.8. The molecular formula is C16H11N5O3S. The summed E-state index contributed by atoms with van der Waals surface area (Å²) in [6.45, 7) is -0.0622. The second-order valence-electron chi connectivity index (χ2n) is 5.10. The van der Waals surface area contributed by atoms with Gasteiger partial charge in [-0.2, -0.15) is 5.10 Å². The van der Waals surface area contributed by atoms with Crippen molar-refractivity contribution in [3.8, 4) is 5.69 Å². The number of carbonyl (C=O) groups is 1. The van der Waals surface area contributed by atoms with E-state index in [1.54, 1.807) is 46.9 Å². The average molecular weight is 353 g/mol. The predicted molar refractivity (Wildman–Crippen MR) is 89.8 cm³/mol. The van der Waals surface area contributed by atoms with Gasteiger partial charge < -0.3 is 4.74 Å². The highest BCUT2D eigenvalue weighted by Gasteiger charge is 2.10. The van der Waals surface area contributed by atoms with Gasteiger partial charge in [0.25, 0.3) is 5.56 Å². The van der Waals surface area contributed by atoms with Gasteiger partial charge in [0.15, 0.2) is 4.96 Å². The van der Waals surface area contributed by atoms with Crippen molar-refractivity contribution in [3.05, 3.63) is 76.2 Å². The van der Waals surface area contributed by atoms with Crippen molar-refractivity contribution in [2.24, 2.45) is 0 Å². The topological polar surface area (TPSA) is 91.4 Å². The molecule has 124 valence electrons. The molecule has 0 aliphatic carbocycles. The van der Waals surface area contributed by atoms with Crippen LogP contribution in [-0.4, -0.2) is 30.1 Å². The molecule has 0 N–H and O–H groups in total. The van der Waals surface area contributed by atoms with Crippen LogP contribution in [0.1, 0.15) is 16.1 Å². The summed E-state index contributed by atoms with van der Waals surface area (Å²) >= 11 is 1.34. The molecule has 0 saturated heterocycles. The minimum absolute atomic E-state index is 0.0622. The highest BCUT2D eigenvalue weighted by Crippen LogP contribution is 2.11. The van der Waals surface area contributed by atoms with Crippen molar-refractivity contribution in [1.82, 2.24) is 24.1 Å². The smallest absolute Gasteiger partial charge is 0.338 e. The van der Waals surface area contributed by atoms with Crippen LogP contribution in [-0.2, 0) is 11.3 Å². The van der Waals surface area contributed by atoms with Crippen LogP contribution in [0.2, 0.25) is 0 Å². The highest BCUT2D eigenvalue weighted by atomic mass is 32.1. The van der Waals surface area contributed by atoms with Gasteiger partial charge in [0.05, 0.1) is 16.9 Å². The summed E-state index contributed by atoms with van der Waals surface area (Å²) in [5.74, 6) is -0.488. The van der Waals surface area contributed by atoms with E-state index >= 15 is 0 Å². The molecule has 0 amide bonds. The normalized spacial score (nSPS) is 10.9. The van der Waals surface area contributed by atoms with E-state index in [0.29, 0.717) is 16.2 Å². The fourth-order valence-electron chi connectivity index (χ4n) is 2.28. The van der Waals surface area contributed by atoms with Gasteiger partial charge >= 0.3 is 5.97 Å². The van der Waals surface area contributed by atoms with E-state index in [0.717, 1.165) is 5.69 Å². The van der Waals surface area contributed by atoms with Crippen LogP contribution in [0.4, 0.5) is 0 Å². The average Bonchev–Trinajstić information content (AvgIpc) is 3.31. The van der Waals surface area contributed by atoms with Gasteiger partial charge in [0.1, 0.15) is 19.3 Å². The molecule has 4 aromatic rings. The van der Waals surface area contributed by atoms with E-state index in [-0.39, 0.29) is 12.2 Å². The molecule has 8 nitrogen and oxygen atoms in total. The molecular weight excluding hydrogens is 342 g/mol. The maximum Gasteiger partial charge on any atom is 0.338 e. The Morgan fingerprint density at radius 2 is 2.08 bits per heavy atom. The van der Waals surface area contributed by atoms with E-state index in [2.05, 4.69) is 15.1 Å². The van der Waals surface area contributed by atoms with Gasteiger partial charge in [-0.3, -0.25) is 9.20 Å². The first-order valence-corrected chi connectivity index (χ1v) is 8.17. The molecule has 0 spiro atoms. The summed E-state index contributed by atoms with van der Waals surface area (Å²) < 4.78 is 8.27. The highest BCUT2D eigenvalue weighted by molar-refractivity contribution is 7.15. The maximum absolute atomic E-state index is 12.1. The van der Waals surface area contributed by atoms with Crippen molar-refractivity contribution < 1.29 is 9.53 Å². The van der Waals surface area contributed by atoms with Gasteiger partial charge in [-0.05, 0) is 24.3 Å². The van der Waals surface area contributed by atoms with Crippen molar-refractivity contribution in [2.75, 3.05) is 0 Å². The lowest BCUT2D eigenvalue weighted by Gasteiger charge is -2.06. The number of aromatic nitrogens is 5. The zero-order chi connectivity index (χ0) is 17.2. The predicted octanol–water partition coefficient (Wildman–Crippen LogP) is 1.69. The van der Waals surface area contributed by atoms with E-state index < -0.39 is 5.97 Å². The van der Waals surface area contributed by atoms with Gasteiger partial charge in [-0.1, -0.05) is 0 Å². The van der Waals surface area contributed by atoms with E-state index in [9.17, 15) is 9.59 Å². The van der Waals surface area contributed by atoms with Crippen LogP contribution < -0.4 is 5.56 Å². The number of nitrogens with zero attached hydrogens (tertiary/aromatic N) is 5. The maximum atomic E-state index is 12.1. The van der Waals surface area contributed by atoms with Gasteiger partial charge in [-0.15, -0.1) is 11.3 Å². The minimum atomic E-state index is -0.488. The second-order valence-corrected chi connectivity index (χ2v) is 5.98. The van der Waals surface area contributed by atoms with Crippen molar-refractivity contribution in [2.45, 2.75) is 6.61 Å². The quantitative estimate of drug-likeness (QED) is 0.519. The van der Waals surface area contributed by atoms with Crippen LogP contribution in [0.5, 0.6) is 0 Å². The van der Waals surface area contributed by atoms with E-state index in [1.807, 2.05) is 0 Å². The molecule has 0 fully saturated rings. The number of ether oxygens (including phenoxy) is 1. The summed E-state index contributed by atoms with van der Waals surface area (Å²) in [5.41, 5.74) is 1.40. The first kappa shape index (κ1) is 15.2. The molecule has 0 saturated carbocycles. The Labute approximate surface area is 145 Å². The third-order valence-corrected chi connectivity index (χ3v) is 4.25. The Balaban J connectivity index is 1.47. The van der Waals surface area contributed by atoms with Gasteiger partial charge in [0.2, 0.25) is 0 Å².